The van der Waals surface area contributed by atoms with Crippen LogP contribution < -0.4 is 4.90 Å². The molecule has 0 aliphatic rings. The highest BCUT2D eigenvalue weighted by molar-refractivity contribution is 7.18. The largest absolute Gasteiger partial charge is 0.356 e. The lowest BCUT2D eigenvalue weighted by atomic mass is 10.1. The van der Waals surface area contributed by atoms with Gasteiger partial charge in [-0.05, 0) is 19.1 Å². The summed E-state index contributed by atoms with van der Waals surface area (Å²) >= 11 is 1.77. The molecule has 0 aliphatic carbocycles. The molecular weight excluding hydrogens is 330 g/mol. The van der Waals surface area contributed by atoms with E-state index in [1.807, 2.05) is 42.5 Å². The molecule has 0 aliphatic heterocycles. The Hall–Kier alpha value is -2.50. The Morgan fingerprint density at radius 3 is 2.64 bits per heavy atom. The lowest BCUT2D eigenvalue weighted by Crippen LogP contribution is -3.07. The minimum Gasteiger partial charge on any atom is -0.356 e. The summed E-state index contributed by atoms with van der Waals surface area (Å²) in [6.45, 7) is 3.01. The number of rotatable bonds is 5. The number of nitrogens with one attached hydrogen (secondary N) is 1. The van der Waals surface area contributed by atoms with Gasteiger partial charge in [-0.15, -0.1) is 11.3 Å². The average molecular weight is 350 g/mol. The van der Waals surface area contributed by atoms with Gasteiger partial charge in [0.05, 0.1) is 17.3 Å². The first kappa shape index (κ1) is 16.0. The summed E-state index contributed by atoms with van der Waals surface area (Å²) in [7, 11) is 2.17. The van der Waals surface area contributed by atoms with E-state index in [1.165, 1.54) is 9.60 Å². The minimum atomic E-state index is 0.300. The van der Waals surface area contributed by atoms with Crippen LogP contribution in [0.2, 0.25) is 0 Å². The first-order valence-corrected chi connectivity index (χ1v) is 9.21. The number of thiazole rings is 1. The van der Waals surface area contributed by atoms with E-state index in [1.54, 1.807) is 11.3 Å². The van der Waals surface area contributed by atoms with Gasteiger partial charge >= 0.3 is 0 Å². The van der Waals surface area contributed by atoms with Crippen molar-refractivity contribution >= 4 is 21.6 Å². The maximum absolute atomic E-state index is 5.51. The average Bonchev–Trinajstić information content (AvgIpc) is 3.28. The van der Waals surface area contributed by atoms with Crippen LogP contribution in [0.3, 0.4) is 0 Å². The zero-order valence-corrected chi connectivity index (χ0v) is 15.1. The van der Waals surface area contributed by atoms with Crippen molar-refractivity contribution in [3.05, 3.63) is 71.4 Å². The van der Waals surface area contributed by atoms with Crippen LogP contribution in [0.15, 0.2) is 65.2 Å². The molecule has 0 radical (unpaired) electrons. The standard InChI is InChI=1S/C20H19N3OS/c1-14(20-21-17-10-6-7-11-19(17)25-20)23(2)13-16-12-18(24-22-16)15-8-4-3-5-9-15/h3-12,14H,13H2,1-2H3/p+1/t14-/m0/s1. The van der Waals surface area contributed by atoms with Gasteiger partial charge in [0.25, 0.3) is 0 Å². The number of benzene rings is 2. The number of quaternary nitrogens is 1. The van der Waals surface area contributed by atoms with Crippen LogP contribution in [0.25, 0.3) is 21.5 Å². The first-order valence-electron chi connectivity index (χ1n) is 8.39. The van der Waals surface area contributed by atoms with Crippen LogP contribution in [-0.2, 0) is 6.54 Å². The highest BCUT2D eigenvalue weighted by Gasteiger charge is 2.21. The summed E-state index contributed by atoms with van der Waals surface area (Å²) in [6.07, 6.45) is 0. The molecule has 1 unspecified atom stereocenters. The molecule has 2 aromatic heterocycles. The molecule has 25 heavy (non-hydrogen) atoms. The molecule has 4 nitrogen and oxygen atoms in total. The summed E-state index contributed by atoms with van der Waals surface area (Å²) in [5, 5.41) is 5.40. The molecule has 0 bridgehead atoms. The molecule has 0 amide bonds. The van der Waals surface area contributed by atoms with Crippen molar-refractivity contribution in [1.29, 1.82) is 0 Å². The molecule has 126 valence electrons. The first-order chi connectivity index (χ1) is 12.2. The van der Waals surface area contributed by atoms with Crippen LogP contribution in [-0.4, -0.2) is 17.2 Å². The molecule has 0 saturated heterocycles. The molecular formula is C20H20N3OS+. The number of para-hydroxylation sites is 1. The van der Waals surface area contributed by atoms with Crippen molar-refractivity contribution in [3.63, 3.8) is 0 Å². The van der Waals surface area contributed by atoms with E-state index in [9.17, 15) is 0 Å². The quantitative estimate of drug-likeness (QED) is 0.596. The normalized spacial score (nSPS) is 13.8. The van der Waals surface area contributed by atoms with E-state index in [2.05, 4.69) is 37.3 Å². The SMILES string of the molecule is C[C@@H](c1nc2ccccc2s1)[NH+](C)Cc1cc(-c2ccccc2)on1. The van der Waals surface area contributed by atoms with E-state index in [-0.39, 0.29) is 0 Å². The van der Waals surface area contributed by atoms with Crippen LogP contribution in [0.4, 0.5) is 0 Å². The van der Waals surface area contributed by atoms with E-state index in [4.69, 9.17) is 9.51 Å². The summed E-state index contributed by atoms with van der Waals surface area (Å²) in [4.78, 5) is 6.12. The maximum Gasteiger partial charge on any atom is 0.167 e. The smallest absolute Gasteiger partial charge is 0.167 e. The Labute approximate surface area is 150 Å². The molecule has 1 N–H and O–H groups in total. The molecule has 5 heteroatoms. The number of fused-ring (bicyclic) bond motifs is 1. The molecule has 2 aromatic carbocycles. The van der Waals surface area contributed by atoms with Gasteiger partial charge in [0.15, 0.2) is 10.8 Å². The van der Waals surface area contributed by atoms with Crippen molar-refractivity contribution in [2.45, 2.75) is 19.5 Å². The highest BCUT2D eigenvalue weighted by Crippen LogP contribution is 2.25. The Balaban J connectivity index is 1.49. The molecule has 0 fully saturated rings. The Morgan fingerprint density at radius 2 is 1.84 bits per heavy atom. The van der Waals surface area contributed by atoms with Gasteiger partial charge in [-0.25, -0.2) is 4.98 Å². The third-order valence-corrected chi connectivity index (χ3v) is 5.72. The second-order valence-corrected chi connectivity index (χ2v) is 7.38. The van der Waals surface area contributed by atoms with Crippen LogP contribution in [0, 0.1) is 0 Å². The third kappa shape index (κ3) is 3.34. The van der Waals surface area contributed by atoms with E-state index in [0.717, 1.165) is 34.1 Å². The van der Waals surface area contributed by atoms with Gasteiger partial charge in [-0.3, -0.25) is 0 Å². The predicted octanol–water partition coefficient (Wildman–Crippen LogP) is 3.73. The van der Waals surface area contributed by atoms with Crippen molar-refractivity contribution in [2.24, 2.45) is 0 Å². The second kappa shape index (κ2) is 6.78. The Bertz CT molecular complexity index is 944. The van der Waals surface area contributed by atoms with Gasteiger partial charge < -0.3 is 9.42 Å². The second-order valence-electron chi connectivity index (χ2n) is 6.31. The van der Waals surface area contributed by atoms with Crippen molar-refractivity contribution < 1.29 is 9.42 Å². The summed E-state index contributed by atoms with van der Waals surface area (Å²) in [5.41, 5.74) is 3.09. The topological polar surface area (TPSA) is 43.4 Å². The monoisotopic (exact) mass is 350 g/mol. The van der Waals surface area contributed by atoms with Crippen LogP contribution in [0.1, 0.15) is 23.7 Å². The number of hydrogen-bond acceptors (Lipinski definition) is 4. The van der Waals surface area contributed by atoms with Crippen LogP contribution >= 0.6 is 11.3 Å². The number of hydrogen-bond donors (Lipinski definition) is 1. The van der Waals surface area contributed by atoms with Crippen molar-refractivity contribution in [1.82, 2.24) is 10.1 Å². The van der Waals surface area contributed by atoms with E-state index >= 15 is 0 Å². The van der Waals surface area contributed by atoms with E-state index in [0.29, 0.717) is 6.04 Å². The van der Waals surface area contributed by atoms with Crippen molar-refractivity contribution in [2.75, 3.05) is 7.05 Å². The molecule has 4 rings (SSSR count). The number of aromatic nitrogens is 2. The van der Waals surface area contributed by atoms with Gasteiger partial charge in [0.2, 0.25) is 0 Å². The maximum atomic E-state index is 5.51. The Kier molecular flexibility index (Phi) is 4.34. The predicted molar refractivity (Wildman–Crippen MR) is 101 cm³/mol. The highest BCUT2D eigenvalue weighted by atomic mass is 32.1. The molecule has 0 saturated carbocycles. The van der Waals surface area contributed by atoms with Crippen LogP contribution in [0.5, 0.6) is 0 Å². The van der Waals surface area contributed by atoms with Gasteiger partial charge in [0, 0.05) is 11.6 Å². The number of nitrogens with zero attached hydrogens (tertiary/aromatic N) is 2. The van der Waals surface area contributed by atoms with Gasteiger partial charge in [-0.1, -0.05) is 47.6 Å². The zero-order chi connectivity index (χ0) is 17.2. The molecule has 4 aromatic rings. The fourth-order valence-electron chi connectivity index (χ4n) is 2.86. The summed E-state index contributed by atoms with van der Waals surface area (Å²) in [5.74, 6) is 0.816. The molecule has 2 atom stereocenters. The van der Waals surface area contributed by atoms with Gasteiger partial charge in [-0.2, -0.15) is 0 Å². The Morgan fingerprint density at radius 1 is 1.08 bits per heavy atom. The third-order valence-electron chi connectivity index (χ3n) is 4.50. The summed E-state index contributed by atoms with van der Waals surface area (Å²) < 4.78 is 6.75. The lowest BCUT2D eigenvalue weighted by Gasteiger charge is -2.18. The van der Waals surface area contributed by atoms with E-state index < -0.39 is 0 Å². The minimum absolute atomic E-state index is 0.300. The molecule has 0 spiro atoms. The van der Waals surface area contributed by atoms with Crippen molar-refractivity contribution in [3.8, 4) is 11.3 Å². The molecule has 2 heterocycles. The van der Waals surface area contributed by atoms with Gasteiger partial charge in [0.1, 0.15) is 18.3 Å². The zero-order valence-electron chi connectivity index (χ0n) is 14.3. The summed E-state index contributed by atoms with van der Waals surface area (Å²) in [6, 6.07) is 20.7. The lowest BCUT2D eigenvalue weighted by molar-refractivity contribution is -0.924. The fourth-order valence-corrected chi connectivity index (χ4v) is 3.97. The fraction of sp³-hybridized carbons (Fsp3) is 0.200.